The lowest BCUT2D eigenvalue weighted by molar-refractivity contribution is -0.736. The van der Waals surface area contributed by atoms with Crippen LogP contribution in [0.15, 0.2) is 24.4 Å². The molecule has 0 unspecified atom stereocenters. The summed E-state index contributed by atoms with van der Waals surface area (Å²) in [5, 5.41) is 8.81. The lowest BCUT2D eigenvalue weighted by atomic mass is 10.3. The highest BCUT2D eigenvalue weighted by atomic mass is 16.3. The van der Waals surface area contributed by atoms with Crippen molar-refractivity contribution in [2.24, 2.45) is 0 Å². The third-order valence-electron chi connectivity index (χ3n) is 1.55. The quantitative estimate of drug-likeness (QED) is 0.591. The van der Waals surface area contributed by atoms with Crippen molar-refractivity contribution in [1.29, 1.82) is 0 Å². The third-order valence-corrected chi connectivity index (χ3v) is 1.55. The number of aliphatic hydroxyl groups is 1. The van der Waals surface area contributed by atoms with Gasteiger partial charge in [-0.2, -0.15) is 4.57 Å². The second-order valence-corrected chi connectivity index (χ2v) is 2.16. The van der Waals surface area contributed by atoms with Gasteiger partial charge in [0.25, 0.3) is 0 Å². The average molecular weight is 138 g/mol. The van der Waals surface area contributed by atoms with Crippen LogP contribution in [0.25, 0.3) is 0 Å². The topological polar surface area (TPSA) is 24.1 Å². The van der Waals surface area contributed by atoms with E-state index in [2.05, 4.69) is 6.92 Å². The molecule has 0 fully saturated rings. The summed E-state index contributed by atoms with van der Waals surface area (Å²) in [6.45, 7) is 2.14. The molecule has 2 nitrogen and oxygen atoms in total. The van der Waals surface area contributed by atoms with Crippen LogP contribution >= 0.6 is 0 Å². The van der Waals surface area contributed by atoms with Crippen molar-refractivity contribution in [2.75, 3.05) is 0 Å². The summed E-state index contributed by atoms with van der Waals surface area (Å²) in [4.78, 5) is 0. The van der Waals surface area contributed by atoms with Crippen molar-refractivity contribution in [3.05, 3.63) is 30.1 Å². The molecule has 10 heavy (non-hydrogen) atoms. The van der Waals surface area contributed by atoms with Crippen LogP contribution in [0.4, 0.5) is 0 Å². The summed E-state index contributed by atoms with van der Waals surface area (Å²) < 4.78 is 1.82. The van der Waals surface area contributed by atoms with Crippen LogP contribution in [0.3, 0.4) is 0 Å². The van der Waals surface area contributed by atoms with Gasteiger partial charge in [0.2, 0.25) is 6.73 Å². The van der Waals surface area contributed by atoms with Crippen LogP contribution in [0.2, 0.25) is 0 Å². The van der Waals surface area contributed by atoms with E-state index in [0.29, 0.717) is 0 Å². The van der Waals surface area contributed by atoms with Crippen LogP contribution in [-0.4, -0.2) is 5.11 Å². The number of aliphatic hydroxyl groups excluding tert-OH is 1. The van der Waals surface area contributed by atoms with Crippen molar-refractivity contribution >= 4 is 0 Å². The first-order valence-electron chi connectivity index (χ1n) is 3.46. The molecule has 54 valence electrons. The van der Waals surface area contributed by atoms with Crippen molar-refractivity contribution < 1.29 is 9.67 Å². The molecule has 0 spiro atoms. The Kier molecular flexibility index (Phi) is 2.40. The maximum atomic E-state index is 8.81. The Labute approximate surface area is 60.8 Å². The Morgan fingerprint density at radius 2 is 2.30 bits per heavy atom. The standard InChI is InChI=1S/C8H12NO/c1-2-8-5-3-4-6-9(8)7-10/h3-6,10H,2,7H2,1H3/q+1. The molecule has 1 N–H and O–H groups in total. The molecule has 1 rings (SSSR count). The summed E-state index contributed by atoms with van der Waals surface area (Å²) in [5.41, 5.74) is 1.16. The summed E-state index contributed by atoms with van der Waals surface area (Å²) >= 11 is 0. The number of rotatable bonds is 2. The molecule has 0 atom stereocenters. The normalized spacial score (nSPS) is 9.80. The highest BCUT2D eigenvalue weighted by Crippen LogP contribution is 1.90. The fourth-order valence-corrected chi connectivity index (χ4v) is 0.971. The summed E-state index contributed by atoms with van der Waals surface area (Å²) in [6.07, 6.45) is 2.83. The SMILES string of the molecule is CCc1cccc[n+]1CO. The minimum absolute atomic E-state index is 0.0734. The molecule has 0 aliphatic heterocycles. The van der Waals surface area contributed by atoms with Gasteiger partial charge in [0.15, 0.2) is 11.9 Å². The number of hydrogen-bond acceptors (Lipinski definition) is 1. The van der Waals surface area contributed by atoms with E-state index in [-0.39, 0.29) is 6.73 Å². The molecular weight excluding hydrogens is 126 g/mol. The van der Waals surface area contributed by atoms with Crippen molar-refractivity contribution in [1.82, 2.24) is 0 Å². The highest BCUT2D eigenvalue weighted by Gasteiger charge is 2.02. The number of pyridine rings is 1. The summed E-state index contributed by atoms with van der Waals surface area (Å²) in [5.74, 6) is 0. The molecule has 1 aromatic rings. The van der Waals surface area contributed by atoms with Crippen LogP contribution in [0.1, 0.15) is 12.6 Å². The molecule has 1 heterocycles. The molecule has 1 aromatic heterocycles. The van der Waals surface area contributed by atoms with E-state index in [1.165, 1.54) is 0 Å². The van der Waals surface area contributed by atoms with Gasteiger partial charge in [-0.3, -0.25) is 0 Å². The Hall–Kier alpha value is -0.890. The van der Waals surface area contributed by atoms with E-state index in [4.69, 9.17) is 5.11 Å². The van der Waals surface area contributed by atoms with Crippen LogP contribution in [0.5, 0.6) is 0 Å². The molecule has 0 bridgehead atoms. The molecule has 0 amide bonds. The van der Waals surface area contributed by atoms with Crippen molar-refractivity contribution in [2.45, 2.75) is 20.1 Å². The number of aryl methyl sites for hydroxylation is 1. The van der Waals surface area contributed by atoms with Gasteiger partial charge in [-0.25, -0.2) is 0 Å². The second-order valence-electron chi connectivity index (χ2n) is 2.16. The predicted octanol–water partition coefficient (Wildman–Crippen LogP) is 0.486. The van der Waals surface area contributed by atoms with Crippen molar-refractivity contribution in [3.63, 3.8) is 0 Å². The van der Waals surface area contributed by atoms with Crippen LogP contribution < -0.4 is 4.57 Å². The van der Waals surface area contributed by atoms with E-state index in [0.717, 1.165) is 12.1 Å². The number of hydrogen-bond donors (Lipinski definition) is 1. The maximum absolute atomic E-state index is 8.81. The van der Waals surface area contributed by atoms with E-state index in [1.807, 2.05) is 29.0 Å². The average Bonchev–Trinajstić information content (AvgIpc) is 2.04. The highest BCUT2D eigenvalue weighted by molar-refractivity contribution is 4.96. The fourth-order valence-electron chi connectivity index (χ4n) is 0.971. The van der Waals surface area contributed by atoms with E-state index < -0.39 is 0 Å². The first-order valence-corrected chi connectivity index (χ1v) is 3.46. The van der Waals surface area contributed by atoms with E-state index in [9.17, 15) is 0 Å². The van der Waals surface area contributed by atoms with Crippen LogP contribution in [-0.2, 0) is 13.2 Å². The zero-order chi connectivity index (χ0) is 7.40. The number of nitrogens with zero attached hydrogens (tertiary/aromatic N) is 1. The van der Waals surface area contributed by atoms with Gasteiger partial charge in [0.1, 0.15) is 0 Å². The minimum Gasteiger partial charge on any atom is -0.339 e. The van der Waals surface area contributed by atoms with Crippen LogP contribution in [0, 0.1) is 0 Å². The molecule has 0 aromatic carbocycles. The second kappa shape index (κ2) is 3.32. The predicted molar refractivity (Wildman–Crippen MR) is 38.2 cm³/mol. The van der Waals surface area contributed by atoms with Gasteiger partial charge < -0.3 is 5.11 Å². The smallest absolute Gasteiger partial charge is 0.250 e. The Morgan fingerprint density at radius 3 is 2.80 bits per heavy atom. The monoisotopic (exact) mass is 138 g/mol. The maximum Gasteiger partial charge on any atom is 0.250 e. The van der Waals surface area contributed by atoms with Gasteiger partial charge in [-0.05, 0) is 0 Å². The first kappa shape index (κ1) is 7.22. The molecule has 0 radical (unpaired) electrons. The van der Waals surface area contributed by atoms with Gasteiger partial charge in [0.05, 0.1) is 0 Å². The Morgan fingerprint density at radius 1 is 1.50 bits per heavy atom. The largest absolute Gasteiger partial charge is 0.339 e. The van der Waals surface area contributed by atoms with Crippen molar-refractivity contribution in [3.8, 4) is 0 Å². The summed E-state index contributed by atoms with van der Waals surface area (Å²) in [6, 6.07) is 5.90. The third kappa shape index (κ3) is 1.33. The van der Waals surface area contributed by atoms with E-state index >= 15 is 0 Å². The first-order chi connectivity index (χ1) is 4.88. The minimum atomic E-state index is 0.0734. The molecular formula is C8H12NO+. The lowest BCUT2D eigenvalue weighted by Gasteiger charge is -1.95. The molecule has 0 aliphatic rings. The fraction of sp³-hybridized carbons (Fsp3) is 0.375. The molecule has 2 heteroatoms. The van der Waals surface area contributed by atoms with Gasteiger partial charge in [0, 0.05) is 18.6 Å². The Balaban J connectivity index is 2.96. The van der Waals surface area contributed by atoms with E-state index in [1.54, 1.807) is 0 Å². The molecule has 0 saturated carbocycles. The Bertz CT molecular complexity index is 187. The van der Waals surface area contributed by atoms with Gasteiger partial charge in [-0.15, -0.1) is 0 Å². The zero-order valence-electron chi connectivity index (χ0n) is 6.12. The van der Waals surface area contributed by atoms with Gasteiger partial charge >= 0.3 is 0 Å². The summed E-state index contributed by atoms with van der Waals surface area (Å²) in [7, 11) is 0. The molecule has 0 saturated heterocycles. The molecule has 0 aliphatic carbocycles. The number of aromatic nitrogens is 1. The lowest BCUT2D eigenvalue weighted by Crippen LogP contribution is -2.37. The van der Waals surface area contributed by atoms with Gasteiger partial charge in [-0.1, -0.05) is 13.0 Å². The zero-order valence-corrected chi connectivity index (χ0v) is 6.12.